The lowest BCUT2D eigenvalue weighted by molar-refractivity contribution is 0.396. The van der Waals surface area contributed by atoms with E-state index in [4.69, 9.17) is 0 Å². The molecule has 98 valence electrons. The molecule has 1 N–H and O–H groups in total. The second kappa shape index (κ2) is 5.98. The van der Waals surface area contributed by atoms with Crippen molar-refractivity contribution >= 4 is 17.4 Å². The molecule has 2 aliphatic carbocycles. The Bertz CT molecular complexity index is 387. The first-order valence-electron chi connectivity index (χ1n) is 7.25. The minimum atomic E-state index is 0.799. The number of hydrogen-bond acceptors (Lipinski definition) is 3. The Balaban J connectivity index is 1.68. The van der Waals surface area contributed by atoms with Gasteiger partial charge < -0.3 is 5.32 Å². The van der Waals surface area contributed by atoms with Gasteiger partial charge >= 0.3 is 0 Å². The molecule has 1 aromatic rings. The molecule has 0 bridgehead atoms. The molecule has 0 aromatic carbocycles. The van der Waals surface area contributed by atoms with Crippen molar-refractivity contribution in [1.82, 2.24) is 10.3 Å². The Morgan fingerprint density at radius 3 is 2.78 bits per heavy atom. The Kier molecular flexibility index (Phi) is 4.11. The molecule has 0 spiro atoms. The van der Waals surface area contributed by atoms with Gasteiger partial charge in [0.15, 0.2) is 0 Å². The van der Waals surface area contributed by atoms with E-state index in [-0.39, 0.29) is 0 Å². The number of aromatic nitrogens is 1. The van der Waals surface area contributed by atoms with Crippen molar-refractivity contribution in [1.29, 1.82) is 0 Å². The van der Waals surface area contributed by atoms with Gasteiger partial charge in [-0.3, -0.25) is 0 Å². The summed E-state index contributed by atoms with van der Waals surface area (Å²) >= 11 is 1.75. The normalized spacial score (nSPS) is 22.3. The van der Waals surface area contributed by atoms with E-state index < -0.39 is 0 Å². The molecule has 3 rings (SSSR count). The fourth-order valence-corrected chi connectivity index (χ4v) is 3.40. The third kappa shape index (κ3) is 3.42. The second-order valence-corrected chi connectivity index (χ2v) is 6.51. The van der Waals surface area contributed by atoms with Crippen LogP contribution < -0.4 is 5.32 Å². The summed E-state index contributed by atoms with van der Waals surface area (Å²) in [6.45, 7) is 1.08. The van der Waals surface area contributed by atoms with Gasteiger partial charge in [-0.15, -0.1) is 11.3 Å². The zero-order valence-corrected chi connectivity index (χ0v) is 11.7. The zero-order valence-electron chi connectivity index (χ0n) is 10.9. The molecule has 0 unspecified atom stereocenters. The second-order valence-electron chi connectivity index (χ2n) is 5.58. The highest BCUT2D eigenvalue weighted by atomic mass is 32.1. The maximum atomic E-state index is 4.41. The minimum Gasteiger partial charge on any atom is -0.310 e. The average molecular weight is 262 g/mol. The molecule has 2 aliphatic rings. The number of thiazole rings is 1. The van der Waals surface area contributed by atoms with E-state index in [0.717, 1.165) is 18.5 Å². The van der Waals surface area contributed by atoms with E-state index in [0.29, 0.717) is 0 Å². The average Bonchev–Trinajstić information content (AvgIpc) is 3.11. The minimum absolute atomic E-state index is 0.799. The van der Waals surface area contributed by atoms with E-state index in [1.54, 1.807) is 16.9 Å². The Labute approximate surface area is 114 Å². The van der Waals surface area contributed by atoms with Crippen molar-refractivity contribution in [3.63, 3.8) is 0 Å². The highest BCUT2D eigenvalue weighted by Crippen LogP contribution is 2.31. The van der Waals surface area contributed by atoms with Crippen molar-refractivity contribution in [2.24, 2.45) is 5.92 Å². The topological polar surface area (TPSA) is 24.9 Å². The molecule has 2 saturated carbocycles. The highest BCUT2D eigenvalue weighted by Gasteiger charge is 2.23. The predicted octanol–water partition coefficient (Wildman–Crippen LogP) is 3.86. The van der Waals surface area contributed by atoms with Crippen LogP contribution in [0.4, 0.5) is 0 Å². The first-order chi connectivity index (χ1) is 8.92. The third-order valence-electron chi connectivity index (χ3n) is 4.06. The van der Waals surface area contributed by atoms with Crippen LogP contribution in [0.3, 0.4) is 0 Å². The largest absolute Gasteiger partial charge is 0.310 e. The molecule has 18 heavy (non-hydrogen) atoms. The lowest BCUT2D eigenvalue weighted by Gasteiger charge is -2.24. The number of nitrogens with zero attached hydrogens (tertiary/aromatic N) is 1. The maximum Gasteiger partial charge on any atom is 0.116 e. The number of rotatable bonds is 5. The van der Waals surface area contributed by atoms with Gasteiger partial charge in [-0.2, -0.15) is 0 Å². The van der Waals surface area contributed by atoms with E-state index in [2.05, 4.69) is 21.8 Å². The highest BCUT2D eigenvalue weighted by molar-refractivity contribution is 7.10. The summed E-state index contributed by atoms with van der Waals surface area (Å²) in [5.41, 5.74) is 1.59. The SMILES string of the molecule is C(=C(\CNC1CC1)C1CCCCC1)/c1nccs1. The van der Waals surface area contributed by atoms with Gasteiger partial charge in [0.1, 0.15) is 5.01 Å². The molecule has 2 nitrogen and oxygen atoms in total. The molecule has 0 saturated heterocycles. The Hall–Kier alpha value is -0.670. The summed E-state index contributed by atoms with van der Waals surface area (Å²) in [4.78, 5) is 4.41. The molecular weight excluding hydrogens is 240 g/mol. The Morgan fingerprint density at radius 1 is 1.28 bits per heavy atom. The van der Waals surface area contributed by atoms with Crippen molar-refractivity contribution in [3.05, 3.63) is 22.2 Å². The van der Waals surface area contributed by atoms with Gasteiger partial charge in [0.05, 0.1) is 0 Å². The molecule has 0 amide bonds. The zero-order chi connectivity index (χ0) is 12.2. The summed E-state index contributed by atoms with van der Waals surface area (Å²) in [6, 6.07) is 0.799. The van der Waals surface area contributed by atoms with Crippen molar-refractivity contribution < 1.29 is 0 Å². The standard InChI is InChI=1S/C15H22N2S/c1-2-4-12(5-3-1)13(11-17-14-6-7-14)10-15-16-8-9-18-15/h8-10,12,14,17H,1-7,11H2/b13-10-. The van der Waals surface area contributed by atoms with Crippen LogP contribution in [0.15, 0.2) is 17.2 Å². The van der Waals surface area contributed by atoms with Crippen molar-refractivity contribution in [2.75, 3.05) is 6.54 Å². The van der Waals surface area contributed by atoms with Gasteiger partial charge in [-0.05, 0) is 37.7 Å². The first-order valence-corrected chi connectivity index (χ1v) is 8.13. The van der Waals surface area contributed by atoms with Crippen LogP contribution in [-0.2, 0) is 0 Å². The summed E-state index contributed by atoms with van der Waals surface area (Å²) in [5.74, 6) is 0.800. The van der Waals surface area contributed by atoms with Crippen LogP contribution in [-0.4, -0.2) is 17.6 Å². The summed E-state index contributed by atoms with van der Waals surface area (Å²) < 4.78 is 0. The van der Waals surface area contributed by atoms with E-state index in [1.165, 1.54) is 50.0 Å². The molecule has 1 heterocycles. The number of nitrogens with one attached hydrogen (secondary N) is 1. The van der Waals surface area contributed by atoms with Crippen LogP contribution >= 0.6 is 11.3 Å². The molecule has 0 radical (unpaired) electrons. The van der Waals surface area contributed by atoms with Gasteiger partial charge in [-0.25, -0.2) is 4.98 Å². The Morgan fingerprint density at radius 2 is 2.11 bits per heavy atom. The molecule has 3 heteroatoms. The summed E-state index contributed by atoms with van der Waals surface area (Å²) in [6.07, 6.45) is 14.0. The van der Waals surface area contributed by atoms with Crippen LogP contribution in [0.5, 0.6) is 0 Å². The van der Waals surface area contributed by atoms with E-state index in [9.17, 15) is 0 Å². The van der Waals surface area contributed by atoms with Gasteiger partial charge in [-0.1, -0.05) is 24.8 Å². The van der Waals surface area contributed by atoms with Crippen molar-refractivity contribution in [3.8, 4) is 0 Å². The van der Waals surface area contributed by atoms with Crippen LogP contribution in [0.2, 0.25) is 0 Å². The molecule has 0 aliphatic heterocycles. The van der Waals surface area contributed by atoms with E-state index >= 15 is 0 Å². The monoisotopic (exact) mass is 262 g/mol. The van der Waals surface area contributed by atoms with Crippen molar-refractivity contribution in [2.45, 2.75) is 51.0 Å². The fourth-order valence-electron chi connectivity index (χ4n) is 2.80. The molecule has 2 fully saturated rings. The van der Waals surface area contributed by atoms with Crippen LogP contribution in [0.25, 0.3) is 6.08 Å². The van der Waals surface area contributed by atoms with Crippen LogP contribution in [0.1, 0.15) is 50.0 Å². The van der Waals surface area contributed by atoms with Gasteiger partial charge in [0.25, 0.3) is 0 Å². The number of hydrogen-bond donors (Lipinski definition) is 1. The maximum absolute atomic E-state index is 4.41. The smallest absolute Gasteiger partial charge is 0.116 e. The summed E-state index contributed by atoms with van der Waals surface area (Å²) in [5, 5.41) is 6.92. The summed E-state index contributed by atoms with van der Waals surface area (Å²) in [7, 11) is 0. The van der Waals surface area contributed by atoms with Gasteiger partial charge in [0, 0.05) is 24.2 Å². The first kappa shape index (κ1) is 12.4. The van der Waals surface area contributed by atoms with E-state index in [1.807, 2.05) is 6.20 Å². The lowest BCUT2D eigenvalue weighted by Crippen LogP contribution is -2.23. The quantitative estimate of drug-likeness (QED) is 0.871. The predicted molar refractivity (Wildman–Crippen MR) is 77.7 cm³/mol. The lowest BCUT2D eigenvalue weighted by atomic mass is 9.83. The third-order valence-corrected chi connectivity index (χ3v) is 4.78. The fraction of sp³-hybridized carbons (Fsp3) is 0.667. The molecule has 1 aromatic heterocycles. The van der Waals surface area contributed by atoms with Crippen LogP contribution in [0, 0.1) is 5.92 Å². The van der Waals surface area contributed by atoms with Gasteiger partial charge in [0.2, 0.25) is 0 Å². The molecular formula is C15H22N2S. The molecule has 0 atom stereocenters.